The number of hydrazine groups is 1. The summed E-state index contributed by atoms with van der Waals surface area (Å²) in [4.78, 5) is 0. The van der Waals surface area contributed by atoms with Crippen LogP contribution in [-0.4, -0.2) is 6.04 Å². The highest BCUT2D eigenvalue weighted by Gasteiger charge is 2.34. The van der Waals surface area contributed by atoms with E-state index in [1.807, 2.05) is 0 Å². The molecular weight excluding hydrogens is 112 g/mol. The lowest BCUT2D eigenvalue weighted by Crippen LogP contribution is -2.37. The zero-order chi connectivity index (χ0) is 6.27. The number of rotatable bonds is 1. The van der Waals surface area contributed by atoms with Crippen LogP contribution in [0.1, 0.15) is 12.8 Å². The minimum Gasteiger partial charge on any atom is -0.271 e. The fraction of sp³-hybridized carbons (Fsp3) is 0.714. The molecule has 2 aliphatic carbocycles. The maximum Gasteiger partial charge on any atom is 0.0279 e. The van der Waals surface area contributed by atoms with E-state index in [-0.39, 0.29) is 0 Å². The molecule has 0 aromatic carbocycles. The molecule has 0 aromatic rings. The van der Waals surface area contributed by atoms with E-state index in [0.717, 1.165) is 11.8 Å². The lowest BCUT2D eigenvalue weighted by molar-refractivity contribution is 0.463. The molecule has 3 unspecified atom stereocenters. The van der Waals surface area contributed by atoms with Crippen LogP contribution in [0.15, 0.2) is 12.2 Å². The van der Waals surface area contributed by atoms with Crippen molar-refractivity contribution in [2.24, 2.45) is 17.7 Å². The summed E-state index contributed by atoms with van der Waals surface area (Å²) in [5.41, 5.74) is 2.84. The third-order valence-corrected chi connectivity index (χ3v) is 2.49. The monoisotopic (exact) mass is 124 g/mol. The van der Waals surface area contributed by atoms with Crippen LogP contribution in [-0.2, 0) is 0 Å². The number of fused-ring (bicyclic) bond motifs is 2. The van der Waals surface area contributed by atoms with Gasteiger partial charge in [0.1, 0.15) is 0 Å². The number of nitrogens with two attached hydrogens (primary N) is 1. The zero-order valence-electron chi connectivity index (χ0n) is 5.38. The van der Waals surface area contributed by atoms with Crippen molar-refractivity contribution in [3.8, 4) is 0 Å². The standard InChI is InChI=1S/C7H12N2/c8-9-7-4-5-1-2-6(7)3-5/h1-2,5-7,9H,3-4,8H2. The summed E-state index contributed by atoms with van der Waals surface area (Å²) in [7, 11) is 0. The molecule has 1 fully saturated rings. The Bertz CT molecular complexity index is 142. The van der Waals surface area contributed by atoms with E-state index in [9.17, 15) is 0 Å². The van der Waals surface area contributed by atoms with Crippen LogP contribution in [0.25, 0.3) is 0 Å². The molecule has 0 aromatic heterocycles. The second-order valence-electron chi connectivity index (χ2n) is 3.05. The highest BCUT2D eigenvalue weighted by atomic mass is 15.2. The van der Waals surface area contributed by atoms with Crippen molar-refractivity contribution >= 4 is 0 Å². The van der Waals surface area contributed by atoms with Crippen molar-refractivity contribution in [2.75, 3.05) is 0 Å². The summed E-state index contributed by atoms with van der Waals surface area (Å²) in [5.74, 6) is 6.90. The normalized spacial score (nSPS) is 46.6. The first-order valence-corrected chi connectivity index (χ1v) is 3.54. The largest absolute Gasteiger partial charge is 0.271 e. The van der Waals surface area contributed by atoms with Crippen molar-refractivity contribution in [1.82, 2.24) is 5.43 Å². The maximum absolute atomic E-state index is 5.34. The molecule has 2 rings (SSSR count). The van der Waals surface area contributed by atoms with E-state index in [1.165, 1.54) is 12.8 Å². The van der Waals surface area contributed by atoms with Gasteiger partial charge in [-0.1, -0.05) is 12.2 Å². The van der Waals surface area contributed by atoms with Crippen molar-refractivity contribution in [3.05, 3.63) is 12.2 Å². The van der Waals surface area contributed by atoms with Crippen LogP contribution in [0.3, 0.4) is 0 Å². The lowest BCUT2D eigenvalue weighted by Gasteiger charge is -2.15. The Hall–Kier alpha value is -0.340. The van der Waals surface area contributed by atoms with Crippen LogP contribution < -0.4 is 11.3 Å². The van der Waals surface area contributed by atoms with E-state index in [0.29, 0.717) is 6.04 Å². The summed E-state index contributed by atoms with van der Waals surface area (Å²) < 4.78 is 0. The average molecular weight is 124 g/mol. The number of allylic oxidation sites excluding steroid dienone is 1. The molecule has 0 amide bonds. The maximum atomic E-state index is 5.34. The number of hydrogen-bond donors (Lipinski definition) is 2. The van der Waals surface area contributed by atoms with Crippen molar-refractivity contribution in [3.63, 3.8) is 0 Å². The summed E-state index contributed by atoms with van der Waals surface area (Å²) in [6.45, 7) is 0. The summed E-state index contributed by atoms with van der Waals surface area (Å²) in [6.07, 6.45) is 7.18. The zero-order valence-corrected chi connectivity index (χ0v) is 5.38. The van der Waals surface area contributed by atoms with Crippen LogP contribution >= 0.6 is 0 Å². The van der Waals surface area contributed by atoms with Gasteiger partial charge in [0, 0.05) is 6.04 Å². The van der Waals surface area contributed by atoms with E-state index in [2.05, 4.69) is 17.6 Å². The first kappa shape index (κ1) is 5.45. The third kappa shape index (κ3) is 0.705. The Morgan fingerprint density at radius 2 is 2.22 bits per heavy atom. The van der Waals surface area contributed by atoms with Gasteiger partial charge in [-0.15, -0.1) is 0 Å². The van der Waals surface area contributed by atoms with E-state index in [4.69, 9.17) is 5.84 Å². The van der Waals surface area contributed by atoms with E-state index < -0.39 is 0 Å². The fourth-order valence-electron chi connectivity index (χ4n) is 1.97. The molecule has 0 radical (unpaired) electrons. The molecule has 2 bridgehead atoms. The molecule has 3 N–H and O–H groups in total. The van der Waals surface area contributed by atoms with Gasteiger partial charge in [0.2, 0.25) is 0 Å². The molecule has 0 saturated heterocycles. The quantitative estimate of drug-likeness (QED) is 0.302. The van der Waals surface area contributed by atoms with Crippen molar-refractivity contribution in [1.29, 1.82) is 0 Å². The van der Waals surface area contributed by atoms with Gasteiger partial charge in [-0.05, 0) is 24.7 Å². The minimum absolute atomic E-state index is 0.569. The Morgan fingerprint density at radius 3 is 2.56 bits per heavy atom. The SMILES string of the molecule is NNC1CC2C=CC1C2. The van der Waals surface area contributed by atoms with Crippen LogP contribution in [0.5, 0.6) is 0 Å². The summed E-state index contributed by atoms with van der Waals surface area (Å²) in [5, 5.41) is 0. The van der Waals surface area contributed by atoms with Gasteiger partial charge < -0.3 is 0 Å². The topological polar surface area (TPSA) is 38.0 Å². The Morgan fingerprint density at radius 1 is 1.33 bits per heavy atom. The van der Waals surface area contributed by atoms with Crippen molar-refractivity contribution < 1.29 is 0 Å². The van der Waals surface area contributed by atoms with E-state index in [1.54, 1.807) is 0 Å². The smallest absolute Gasteiger partial charge is 0.0279 e. The van der Waals surface area contributed by atoms with Crippen molar-refractivity contribution in [2.45, 2.75) is 18.9 Å². The molecule has 0 spiro atoms. The molecule has 1 saturated carbocycles. The molecule has 9 heavy (non-hydrogen) atoms. The molecular formula is C7H12N2. The Kier molecular flexibility index (Phi) is 1.10. The second-order valence-corrected chi connectivity index (χ2v) is 3.05. The van der Waals surface area contributed by atoms with Crippen LogP contribution in [0.4, 0.5) is 0 Å². The fourth-order valence-corrected chi connectivity index (χ4v) is 1.97. The Balaban J connectivity index is 2.10. The molecule has 2 nitrogen and oxygen atoms in total. The molecule has 50 valence electrons. The molecule has 2 aliphatic rings. The molecule has 3 atom stereocenters. The summed E-state index contributed by atoms with van der Waals surface area (Å²) >= 11 is 0. The van der Waals surface area contributed by atoms with Crippen LogP contribution in [0.2, 0.25) is 0 Å². The first-order valence-electron chi connectivity index (χ1n) is 3.54. The number of nitrogens with one attached hydrogen (secondary N) is 1. The van der Waals surface area contributed by atoms with Gasteiger partial charge in [0.15, 0.2) is 0 Å². The van der Waals surface area contributed by atoms with Gasteiger partial charge in [0.05, 0.1) is 0 Å². The number of hydrogen-bond acceptors (Lipinski definition) is 2. The highest BCUT2D eigenvalue weighted by Crippen LogP contribution is 2.38. The first-order chi connectivity index (χ1) is 4.40. The molecule has 0 aliphatic heterocycles. The molecule has 0 heterocycles. The van der Waals surface area contributed by atoms with Gasteiger partial charge in [-0.3, -0.25) is 11.3 Å². The second kappa shape index (κ2) is 1.82. The Labute approximate surface area is 55.1 Å². The van der Waals surface area contributed by atoms with Crippen LogP contribution in [0, 0.1) is 11.8 Å². The van der Waals surface area contributed by atoms with Gasteiger partial charge in [0.25, 0.3) is 0 Å². The highest BCUT2D eigenvalue weighted by molar-refractivity contribution is 5.12. The minimum atomic E-state index is 0.569. The average Bonchev–Trinajstić information content (AvgIpc) is 2.45. The predicted octanol–water partition coefficient (Wildman–Crippen LogP) is 0.414. The summed E-state index contributed by atoms with van der Waals surface area (Å²) in [6, 6.07) is 0.569. The van der Waals surface area contributed by atoms with E-state index >= 15 is 0 Å². The lowest BCUT2D eigenvalue weighted by atomic mass is 10.0. The van der Waals surface area contributed by atoms with Gasteiger partial charge >= 0.3 is 0 Å². The third-order valence-electron chi connectivity index (χ3n) is 2.49. The van der Waals surface area contributed by atoms with Gasteiger partial charge in [-0.25, -0.2) is 0 Å². The predicted molar refractivity (Wildman–Crippen MR) is 36.5 cm³/mol. The molecule has 2 heteroatoms. The van der Waals surface area contributed by atoms with Gasteiger partial charge in [-0.2, -0.15) is 0 Å².